The molecule has 1 saturated carbocycles. The number of fused-ring (bicyclic) bond motifs is 5. The Bertz CT molecular complexity index is 566. The quantitative estimate of drug-likeness (QED) is 0.611. The molecule has 2 fully saturated rings. The van der Waals surface area contributed by atoms with E-state index in [9.17, 15) is 0 Å². The Hall–Kier alpha value is -0.240. The Labute approximate surface area is 117 Å². The lowest BCUT2D eigenvalue weighted by molar-refractivity contribution is 0.415. The number of methoxy groups -OCH3 is 1. The van der Waals surface area contributed by atoms with Crippen molar-refractivity contribution in [1.82, 2.24) is 0 Å². The minimum absolute atomic E-state index is 0.772. The van der Waals surface area contributed by atoms with E-state index in [1.807, 2.05) is 0 Å². The molecular weight excluding hydrogens is 279 g/mol. The lowest BCUT2D eigenvalue weighted by Crippen LogP contribution is -2.38. The van der Waals surface area contributed by atoms with Gasteiger partial charge in [0.15, 0.2) is 0 Å². The molecule has 2 aliphatic carbocycles. The van der Waals surface area contributed by atoms with Crippen LogP contribution >= 0.6 is 16.6 Å². The first-order valence-corrected chi connectivity index (χ1v) is 10.7. The molecule has 1 unspecified atom stereocenters. The number of rotatable bonds is 2. The van der Waals surface area contributed by atoms with Crippen molar-refractivity contribution in [2.24, 2.45) is 11.8 Å². The predicted octanol–water partition coefficient (Wildman–Crippen LogP) is 3.40. The van der Waals surface area contributed by atoms with Crippen molar-refractivity contribution in [3.8, 4) is 5.75 Å². The van der Waals surface area contributed by atoms with Crippen molar-refractivity contribution >= 4 is 33.7 Å². The van der Waals surface area contributed by atoms with Gasteiger partial charge in [-0.3, -0.25) is 0 Å². The molecule has 1 aliphatic heterocycles. The lowest BCUT2D eigenvalue weighted by Gasteiger charge is -2.48. The highest BCUT2D eigenvalue weighted by Crippen LogP contribution is 2.82. The second-order valence-electron chi connectivity index (χ2n) is 5.30. The molecule has 5 atom stereocenters. The summed E-state index contributed by atoms with van der Waals surface area (Å²) in [5.41, 5.74) is 0.779. The summed E-state index contributed by atoms with van der Waals surface area (Å²) in [5, 5.41) is 0.842. The molecule has 94 valence electrons. The molecule has 1 aromatic rings. The molecule has 2 bridgehead atoms. The first-order chi connectivity index (χ1) is 8.72. The van der Waals surface area contributed by atoms with E-state index in [0.29, 0.717) is 0 Å². The van der Waals surface area contributed by atoms with Gasteiger partial charge >= 0.3 is 0 Å². The molecular formula is C14H15OPS2. The Morgan fingerprint density at radius 1 is 1.22 bits per heavy atom. The minimum atomic E-state index is -1.38. The van der Waals surface area contributed by atoms with E-state index in [4.69, 9.17) is 16.5 Å². The van der Waals surface area contributed by atoms with E-state index in [0.717, 1.165) is 28.5 Å². The summed E-state index contributed by atoms with van der Waals surface area (Å²) in [6.45, 7) is 0. The third-order valence-corrected chi connectivity index (χ3v) is 13.5. The first kappa shape index (κ1) is 11.6. The zero-order valence-corrected chi connectivity index (χ0v) is 12.7. The number of ether oxygens (including phenoxy) is 1. The van der Waals surface area contributed by atoms with Gasteiger partial charge in [-0.2, -0.15) is 0 Å². The monoisotopic (exact) mass is 294 g/mol. The van der Waals surface area contributed by atoms with Crippen molar-refractivity contribution in [1.29, 1.82) is 0 Å². The largest absolute Gasteiger partial charge is 0.497 e. The summed E-state index contributed by atoms with van der Waals surface area (Å²) in [7, 11) is 1.71. The summed E-state index contributed by atoms with van der Waals surface area (Å²) in [6.07, 6.45) is 6.21. The minimum Gasteiger partial charge on any atom is -0.497 e. The number of hydrogen-bond donors (Lipinski definition) is 0. The van der Waals surface area contributed by atoms with Crippen LogP contribution < -0.4 is 10.0 Å². The van der Waals surface area contributed by atoms with Crippen LogP contribution in [0.4, 0.5) is 0 Å². The van der Waals surface area contributed by atoms with Crippen molar-refractivity contribution in [3.05, 3.63) is 36.4 Å². The van der Waals surface area contributed by atoms with Crippen LogP contribution in [-0.4, -0.2) is 18.0 Å². The van der Waals surface area contributed by atoms with Gasteiger partial charge in [0.1, 0.15) is 5.75 Å². The molecule has 1 aromatic carbocycles. The Kier molecular flexibility index (Phi) is 2.49. The van der Waals surface area contributed by atoms with Crippen LogP contribution in [0.2, 0.25) is 0 Å². The summed E-state index contributed by atoms with van der Waals surface area (Å²) >= 11 is 8.19. The number of hydrogen-bond acceptors (Lipinski definition) is 3. The smallest absolute Gasteiger partial charge is 0.118 e. The zero-order chi connectivity index (χ0) is 12.3. The molecule has 0 amide bonds. The second-order valence-corrected chi connectivity index (χ2v) is 13.1. The summed E-state index contributed by atoms with van der Waals surface area (Å²) in [4.78, 5) is 0. The number of allylic oxidation sites excluding steroid dienone is 2. The lowest BCUT2D eigenvalue weighted by atomic mass is 10.1. The summed E-state index contributed by atoms with van der Waals surface area (Å²) < 4.78 is 5.23. The molecule has 0 spiro atoms. The van der Waals surface area contributed by atoms with Crippen molar-refractivity contribution < 1.29 is 4.74 Å². The van der Waals surface area contributed by atoms with Gasteiger partial charge in [-0.1, -0.05) is 24.0 Å². The van der Waals surface area contributed by atoms with Crippen LogP contribution in [0.15, 0.2) is 36.4 Å². The van der Waals surface area contributed by atoms with E-state index in [2.05, 4.69) is 47.8 Å². The van der Waals surface area contributed by atoms with Crippen LogP contribution in [0.25, 0.3) is 0 Å². The van der Waals surface area contributed by atoms with Crippen LogP contribution in [0, 0.1) is 11.8 Å². The maximum Gasteiger partial charge on any atom is 0.118 e. The highest BCUT2D eigenvalue weighted by atomic mass is 32.9. The molecule has 3 aliphatic rings. The fourth-order valence-electron chi connectivity index (χ4n) is 3.55. The predicted molar refractivity (Wildman–Crippen MR) is 82.8 cm³/mol. The zero-order valence-electron chi connectivity index (χ0n) is 10.2. The average Bonchev–Trinajstić information content (AvgIpc) is 2.95. The van der Waals surface area contributed by atoms with Crippen LogP contribution in [0.1, 0.15) is 6.42 Å². The van der Waals surface area contributed by atoms with Gasteiger partial charge in [-0.25, -0.2) is 0 Å². The molecule has 0 N–H and O–H groups in total. The molecule has 1 saturated heterocycles. The maximum absolute atomic E-state index is 6.08. The first-order valence-electron chi connectivity index (χ1n) is 6.33. The van der Waals surface area contributed by atoms with Crippen LogP contribution in [0.3, 0.4) is 0 Å². The van der Waals surface area contributed by atoms with E-state index < -0.39 is 5.24 Å². The molecule has 4 rings (SSSR count). The molecule has 1 heterocycles. The fourth-order valence-corrected chi connectivity index (χ4v) is 13.2. The molecule has 1 nitrogen and oxygen atoms in total. The van der Waals surface area contributed by atoms with Crippen LogP contribution in [-0.2, 0) is 11.8 Å². The van der Waals surface area contributed by atoms with Gasteiger partial charge in [-0.15, -0.1) is 11.4 Å². The van der Waals surface area contributed by atoms with E-state index in [1.54, 1.807) is 7.11 Å². The van der Waals surface area contributed by atoms with Crippen LogP contribution in [0.5, 0.6) is 5.75 Å². The summed E-state index contributed by atoms with van der Waals surface area (Å²) in [5.74, 6) is 2.52. The van der Waals surface area contributed by atoms with Gasteiger partial charge in [0.25, 0.3) is 0 Å². The molecule has 18 heavy (non-hydrogen) atoms. The summed E-state index contributed by atoms with van der Waals surface area (Å²) in [6, 6.07) is 8.50. The normalized spacial score (nSPS) is 43.6. The Morgan fingerprint density at radius 2 is 1.94 bits per heavy atom. The van der Waals surface area contributed by atoms with Gasteiger partial charge in [0.2, 0.25) is 0 Å². The van der Waals surface area contributed by atoms with Gasteiger partial charge in [0.05, 0.1) is 7.11 Å². The van der Waals surface area contributed by atoms with E-state index in [1.165, 1.54) is 11.7 Å². The fraction of sp³-hybridized carbons (Fsp3) is 0.429. The number of benzene rings is 1. The Balaban J connectivity index is 1.69. The van der Waals surface area contributed by atoms with Gasteiger partial charge < -0.3 is 4.74 Å². The van der Waals surface area contributed by atoms with Crippen molar-refractivity contribution in [2.75, 3.05) is 7.11 Å². The Morgan fingerprint density at radius 3 is 2.61 bits per heavy atom. The molecule has 0 radical (unpaired) electrons. The van der Waals surface area contributed by atoms with Crippen molar-refractivity contribution in [3.63, 3.8) is 0 Å². The van der Waals surface area contributed by atoms with E-state index >= 15 is 0 Å². The SMILES string of the molecule is COc1ccc(P2(=S)S[C@H]3[C@@H]2[C@@H]2C=C[C@H]3C2)cc1. The van der Waals surface area contributed by atoms with Gasteiger partial charge in [0, 0.05) is 16.1 Å². The molecule has 4 heteroatoms. The highest BCUT2D eigenvalue weighted by Gasteiger charge is 2.60. The third-order valence-electron chi connectivity index (χ3n) is 4.45. The molecule has 0 aromatic heterocycles. The van der Waals surface area contributed by atoms with E-state index in [-0.39, 0.29) is 0 Å². The topological polar surface area (TPSA) is 9.23 Å². The highest BCUT2D eigenvalue weighted by molar-refractivity contribution is 8.76. The average molecular weight is 294 g/mol. The van der Waals surface area contributed by atoms with Gasteiger partial charge in [-0.05, 0) is 47.8 Å². The maximum atomic E-state index is 6.08. The standard InChI is InChI=1S/C14H15OPS2/c1-15-11-4-6-12(7-5-11)16(17)13-9-2-3-10(8-9)14(13)18-16/h2-7,9-10,13-14H,8H2,1H3/t9-,10+,13+,14-,16?/m1/s1. The van der Waals surface area contributed by atoms with Crippen molar-refractivity contribution in [2.45, 2.75) is 17.3 Å². The second kappa shape index (κ2) is 3.88. The third kappa shape index (κ3) is 1.39.